The Morgan fingerprint density at radius 3 is 2.90 bits per heavy atom. The molecule has 1 aliphatic carbocycles. The predicted octanol–water partition coefficient (Wildman–Crippen LogP) is 2.81. The maximum absolute atomic E-state index is 6.39. The molecule has 1 fully saturated rings. The minimum atomic E-state index is -0.153. The summed E-state index contributed by atoms with van der Waals surface area (Å²) in [5.41, 5.74) is 7.28. The summed E-state index contributed by atoms with van der Waals surface area (Å²) in [6, 6.07) is 5.90. The molecule has 0 radical (unpaired) electrons. The van der Waals surface area contributed by atoms with Crippen molar-refractivity contribution >= 4 is 0 Å². The van der Waals surface area contributed by atoms with E-state index in [2.05, 4.69) is 0 Å². The first-order valence-electron chi connectivity index (χ1n) is 7.31. The predicted molar refractivity (Wildman–Crippen MR) is 77.2 cm³/mol. The number of nitrogens with two attached hydrogens (primary N) is 1. The molecule has 110 valence electrons. The van der Waals surface area contributed by atoms with E-state index >= 15 is 0 Å². The van der Waals surface area contributed by atoms with Crippen LogP contribution < -0.4 is 15.2 Å². The zero-order valence-electron chi connectivity index (χ0n) is 12.2. The van der Waals surface area contributed by atoms with Gasteiger partial charge >= 0.3 is 0 Å². The third-order valence-corrected chi connectivity index (χ3v) is 4.63. The van der Waals surface area contributed by atoms with Gasteiger partial charge in [0, 0.05) is 31.6 Å². The molecule has 0 bridgehead atoms. The number of fused-ring (bicyclic) bond motifs is 1. The average Bonchev–Trinajstić information content (AvgIpc) is 2.47. The van der Waals surface area contributed by atoms with Gasteiger partial charge in [-0.05, 0) is 37.5 Å². The topological polar surface area (TPSA) is 53.7 Å². The van der Waals surface area contributed by atoms with Crippen molar-refractivity contribution in [3.63, 3.8) is 0 Å². The van der Waals surface area contributed by atoms with Crippen molar-refractivity contribution in [2.45, 2.75) is 49.9 Å². The highest BCUT2D eigenvalue weighted by Crippen LogP contribution is 2.46. The van der Waals surface area contributed by atoms with Gasteiger partial charge in [-0.1, -0.05) is 0 Å². The summed E-state index contributed by atoms with van der Waals surface area (Å²) < 4.78 is 17.2. The molecule has 0 aromatic heterocycles. The van der Waals surface area contributed by atoms with E-state index in [-0.39, 0.29) is 17.7 Å². The van der Waals surface area contributed by atoms with Crippen molar-refractivity contribution in [2.75, 3.05) is 14.2 Å². The highest BCUT2D eigenvalue weighted by Gasteiger charge is 2.43. The van der Waals surface area contributed by atoms with Crippen LogP contribution in [0.5, 0.6) is 11.5 Å². The number of hydrogen-bond donors (Lipinski definition) is 1. The fourth-order valence-electron chi connectivity index (χ4n) is 3.57. The molecule has 0 amide bonds. The van der Waals surface area contributed by atoms with Gasteiger partial charge in [0.1, 0.15) is 17.1 Å². The fourth-order valence-corrected chi connectivity index (χ4v) is 3.57. The summed E-state index contributed by atoms with van der Waals surface area (Å²) in [5, 5.41) is 0. The van der Waals surface area contributed by atoms with Gasteiger partial charge in [0.2, 0.25) is 0 Å². The fraction of sp³-hybridized carbons (Fsp3) is 0.625. The molecule has 1 spiro atoms. The van der Waals surface area contributed by atoms with Gasteiger partial charge in [-0.3, -0.25) is 0 Å². The average molecular weight is 277 g/mol. The van der Waals surface area contributed by atoms with E-state index in [0.29, 0.717) is 0 Å². The normalized spacial score (nSPS) is 32.5. The van der Waals surface area contributed by atoms with Gasteiger partial charge in [-0.25, -0.2) is 0 Å². The number of methoxy groups -OCH3 is 2. The van der Waals surface area contributed by atoms with E-state index in [4.69, 9.17) is 19.9 Å². The maximum Gasteiger partial charge on any atom is 0.125 e. The molecule has 2 N–H and O–H groups in total. The van der Waals surface area contributed by atoms with Gasteiger partial charge < -0.3 is 19.9 Å². The van der Waals surface area contributed by atoms with Crippen LogP contribution in [0.1, 0.15) is 43.7 Å². The molecule has 2 unspecified atom stereocenters. The Morgan fingerprint density at radius 1 is 1.30 bits per heavy atom. The molecule has 3 atom stereocenters. The van der Waals surface area contributed by atoms with Crippen LogP contribution in [0.3, 0.4) is 0 Å². The number of ether oxygens (including phenoxy) is 3. The monoisotopic (exact) mass is 277 g/mol. The third kappa shape index (κ3) is 2.38. The van der Waals surface area contributed by atoms with Gasteiger partial charge in [0.05, 0.1) is 13.2 Å². The first-order chi connectivity index (χ1) is 9.65. The molecule has 1 aliphatic heterocycles. The zero-order chi connectivity index (χ0) is 14.2. The largest absolute Gasteiger partial charge is 0.497 e. The van der Waals surface area contributed by atoms with Crippen molar-refractivity contribution in [1.82, 2.24) is 0 Å². The lowest BCUT2D eigenvalue weighted by atomic mass is 9.76. The van der Waals surface area contributed by atoms with E-state index in [1.165, 1.54) is 0 Å². The molecule has 1 aromatic rings. The Hall–Kier alpha value is -1.26. The van der Waals surface area contributed by atoms with Crippen molar-refractivity contribution < 1.29 is 14.2 Å². The van der Waals surface area contributed by atoms with Crippen LogP contribution in [0.15, 0.2) is 18.2 Å². The second-order valence-electron chi connectivity index (χ2n) is 5.95. The highest BCUT2D eigenvalue weighted by molar-refractivity contribution is 5.44. The van der Waals surface area contributed by atoms with Gasteiger partial charge in [0.15, 0.2) is 0 Å². The molecular formula is C16H23NO3. The number of benzene rings is 1. The summed E-state index contributed by atoms with van der Waals surface area (Å²) in [5.74, 6) is 1.73. The molecule has 4 nitrogen and oxygen atoms in total. The SMILES string of the molecule is COc1ccc2c(c1)[C@@H](N)CC1(CCCC(OC)C1)O2. The van der Waals surface area contributed by atoms with E-state index in [1.54, 1.807) is 14.2 Å². The van der Waals surface area contributed by atoms with Gasteiger partial charge in [-0.15, -0.1) is 0 Å². The lowest BCUT2D eigenvalue weighted by molar-refractivity contribution is -0.0578. The van der Waals surface area contributed by atoms with Crippen LogP contribution in [-0.4, -0.2) is 25.9 Å². The smallest absolute Gasteiger partial charge is 0.125 e. The zero-order valence-corrected chi connectivity index (χ0v) is 12.2. The van der Waals surface area contributed by atoms with Crippen LogP contribution in [0.2, 0.25) is 0 Å². The van der Waals surface area contributed by atoms with E-state index in [9.17, 15) is 0 Å². The first-order valence-corrected chi connectivity index (χ1v) is 7.31. The lowest BCUT2D eigenvalue weighted by Gasteiger charge is -2.45. The number of rotatable bonds is 2. The highest BCUT2D eigenvalue weighted by atomic mass is 16.5. The molecule has 4 heteroatoms. The molecule has 2 aliphatic rings. The second-order valence-corrected chi connectivity index (χ2v) is 5.95. The van der Waals surface area contributed by atoms with Crippen LogP contribution in [-0.2, 0) is 4.74 Å². The van der Waals surface area contributed by atoms with E-state index in [1.807, 2.05) is 18.2 Å². The van der Waals surface area contributed by atoms with Crippen molar-refractivity contribution in [2.24, 2.45) is 5.73 Å². The molecular weight excluding hydrogens is 254 g/mol. The molecule has 1 aromatic carbocycles. The lowest BCUT2D eigenvalue weighted by Crippen LogP contribution is -2.48. The summed E-state index contributed by atoms with van der Waals surface area (Å²) in [7, 11) is 3.45. The minimum Gasteiger partial charge on any atom is -0.497 e. The standard InChI is InChI=1S/C16H23NO3/c1-18-11-5-6-15-13(8-11)14(17)10-16(20-15)7-3-4-12(9-16)19-2/h5-6,8,12,14H,3-4,7,9-10,17H2,1-2H3/t12?,14-,16?/m0/s1. The number of hydrogen-bond acceptors (Lipinski definition) is 4. The summed E-state index contributed by atoms with van der Waals surface area (Å²) >= 11 is 0. The minimum absolute atomic E-state index is 0.00413. The summed E-state index contributed by atoms with van der Waals surface area (Å²) in [6.07, 6.45) is 5.39. The van der Waals surface area contributed by atoms with Crippen molar-refractivity contribution in [1.29, 1.82) is 0 Å². The van der Waals surface area contributed by atoms with E-state index in [0.717, 1.165) is 49.2 Å². The van der Waals surface area contributed by atoms with Gasteiger partial charge in [0.25, 0.3) is 0 Å². The Bertz CT molecular complexity index is 491. The summed E-state index contributed by atoms with van der Waals surface area (Å²) in [6.45, 7) is 0. The second kappa shape index (κ2) is 5.26. The van der Waals surface area contributed by atoms with Crippen molar-refractivity contribution in [3.8, 4) is 11.5 Å². The van der Waals surface area contributed by atoms with Crippen LogP contribution in [0.4, 0.5) is 0 Å². The summed E-state index contributed by atoms with van der Waals surface area (Å²) in [4.78, 5) is 0. The Kier molecular flexibility index (Phi) is 3.61. The third-order valence-electron chi connectivity index (χ3n) is 4.63. The maximum atomic E-state index is 6.39. The van der Waals surface area contributed by atoms with Gasteiger partial charge in [-0.2, -0.15) is 0 Å². The first kappa shape index (κ1) is 13.7. The van der Waals surface area contributed by atoms with Crippen LogP contribution >= 0.6 is 0 Å². The Morgan fingerprint density at radius 2 is 2.15 bits per heavy atom. The molecule has 0 saturated heterocycles. The van der Waals surface area contributed by atoms with Crippen molar-refractivity contribution in [3.05, 3.63) is 23.8 Å². The molecule has 3 rings (SSSR count). The Labute approximate surface area is 120 Å². The quantitative estimate of drug-likeness (QED) is 0.903. The molecule has 1 heterocycles. The molecule has 20 heavy (non-hydrogen) atoms. The Balaban J connectivity index is 1.88. The van der Waals surface area contributed by atoms with Crippen LogP contribution in [0, 0.1) is 0 Å². The molecule has 1 saturated carbocycles. The van der Waals surface area contributed by atoms with E-state index < -0.39 is 0 Å². The van der Waals surface area contributed by atoms with Crippen LogP contribution in [0.25, 0.3) is 0 Å².